The van der Waals surface area contributed by atoms with Crippen molar-refractivity contribution in [1.29, 1.82) is 0 Å². The first kappa shape index (κ1) is 18.2. The van der Waals surface area contributed by atoms with Crippen LogP contribution in [0.5, 0.6) is 0 Å². The minimum Gasteiger partial charge on any atom is -0.466 e. The first-order valence-electron chi connectivity index (χ1n) is 8.23. The van der Waals surface area contributed by atoms with E-state index in [1.807, 2.05) is 47.9 Å². The number of methoxy groups -OCH3 is 2. The van der Waals surface area contributed by atoms with Gasteiger partial charge in [0.15, 0.2) is 0 Å². The first-order chi connectivity index (χ1) is 13.0. The Kier molecular flexibility index (Phi) is 5.21. The van der Waals surface area contributed by atoms with Crippen LogP contribution < -0.4 is 5.32 Å². The van der Waals surface area contributed by atoms with E-state index in [9.17, 15) is 9.59 Å². The lowest BCUT2D eigenvalue weighted by Gasteiger charge is -2.11. The quantitative estimate of drug-likeness (QED) is 0.553. The summed E-state index contributed by atoms with van der Waals surface area (Å²) < 4.78 is 11.3. The standard InChI is InChI=1S/C20H19N3O4/c1-13-21-16-6-4-5-7-18(16)23(13)15-10-8-14(9-11-15)22-17(20(25)27-3)12-19(24)26-2/h4-12,22H,1-3H3/b17-12+. The third kappa shape index (κ3) is 3.82. The van der Waals surface area contributed by atoms with Crippen molar-refractivity contribution in [2.45, 2.75) is 6.92 Å². The molecule has 1 heterocycles. The van der Waals surface area contributed by atoms with Crippen LogP contribution in [-0.2, 0) is 19.1 Å². The minimum absolute atomic E-state index is 0.0126. The number of carbonyl (C=O) groups excluding carboxylic acids is 2. The van der Waals surface area contributed by atoms with Crippen LogP contribution in [0.15, 0.2) is 60.3 Å². The summed E-state index contributed by atoms with van der Waals surface area (Å²) in [5.41, 5.74) is 3.48. The van der Waals surface area contributed by atoms with E-state index in [4.69, 9.17) is 0 Å². The molecule has 0 saturated carbocycles. The van der Waals surface area contributed by atoms with Gasteiger partial charge in [0.1, 0.15) is 11.5 Å². The van der Waals surface area contributed by atoms with E-state index < -0.39 is 11.9 Å². The van der Waals surface area contributed by atoms with Crippen molar-refractivity contribution in [2.24, 2.45) is 0 Å². The Morgan fingerprint density at radius 3 is 2.41 bits per heavy atom. The number of carbonyl (C=O) groups is 2. The van der Waals surface area contributed by atoms with Gasteiger partial charge in [-0.2, -0.15) is 0 Å². The van der Waals surface area contributed by atoms with Crippen LogP contribution in [0.3, 0.4) is 0 Å². The summed E-state index contributed by atoms with van der Waals surface area (Å²) in [4.78, 5) is 27.8. The molecule has 7 heteroatoms. The van der Waals surface area contributed by atoms with E-state index in [1.165, 1.54) is 14.2 Å². The molecule has 0 aliphatic carbocycles. The van der Waals surface area contributed by atoms with Gasteiger partial charge >= 0.3 is 11.9 Å². The summed E-state index contributed by atoms with van der Waals surface area (Å²) in [6, 6.07) is 15.3. The number of benzene rings is 2. The molecule has 27 heavy (non-hydrogen) atoms. The number of imidazole rings is 1. The SMILES string of the molecule is COC(=O)/C=C(/Nc1ccc(-n2c(C)nc3ccccc32)cc1)C(=O)OC. The average molecular weight is 365 g/mol. The molecule has 0 atom stereocenters. The van der Waals surface area contributed by atoms with Crippen LogP contribution in [0.25, 0.3) is 16.7 Å². The molecule has 0 aliphatic rings. The van der Waals surface area contributed by atoms with Crippen LogP contribution in [0.2, 0.25) is 0 Å². The highest BCUT2D eigenvalue weighted by Crippen LogP contribution is 2.22. The zero-order chi connectivity index (χ0) is 19.4. The fourth-order valence-corrected chi connectivity index (χ4v) is 2.75. The average Bonchev–Trinajstić information content (AvgIpc) is 3.03. The Hall–Kier alpha value is -3.61. The van der Waals surface area contributed by atoms with E-state index >= 15 is 0 Å². The largest absolute Gasteiger partial charge is 0.466 e. The second-order valence-corrected chi connectivity index (χ2v) is 5.73. The predicted molar refractivity (Wildman–Crippen MR) is 102 cm³/mol. The number of ether oxygens (including phenoxy) is 2. The van der Waals surface area contributed by atoms with Crippen molar-refractivity contribution >= 4 is 28.7 Å². The van der Waals surface area contributed by atoms with Gasteiger partial charge in [-0.25, -0.2) is 14.6 Å². The Bertz CT molecular complexity index is 1020. The van der Waals surface area contributed by atoms with E-state index in [1.54, 1.807) is 12.1 Å². The number of esters is 2. The lowest BCUT2D eigenvalue weighted by molar-refractivity contribution is -0.138. The van der Waals surface area contributed by atoms with Crippen molar-refractivity contribution in [2.75, 3.05) is 19.5 Å². The van der Waals surface area contributed by atoms with Gasteiger partial charge in [0.05, 0.1) is 31.3 Å². The number of aryl methyl sites for hydroxylation is 1. The summed E-state index contributed by atoms with van der Waals surface area (Å²) in [7, 11) is 2.48. The fourth-order valence-electron chi connectivity index (χ4n) is 2.75. The van der Waals surface area contributed by atoms with Crippen LogP contribution in [0, 0.1) is 6.92 Å². The van der Waals surface area contributed by atoms with Crippen molar-refractivity contribution in [3.05, 3.63) is 66.1 Å². The number of hydrogen-bond donors (Lipinski definition) is 1. The number of fused-ring (bicyclic) bond motifs is 1. The van der Waals surface area contributed by atoms with Crippen molar-refractivity contribution in [3.63, 3.8) is 0 Å². The molecule has 0 spiro atoms. The van der Waals surface area contributed by atoms with Gasteiger partial charge < -0.3 is 14.8 Å². The normalized spacial score (nSPS) is 11.3. The van der Waals surface area contributed by atoms with Crippen LogP contribution in [-0.4, -0.2) is 35.7 Å². The summed E-state index contributed by atoms with van der Waals surface area (Å²) in [6.45, 7) is 1.95. The van der Waals surface area contributed by atoms with Crippen LogP contribution in [0.1, 0.15) is 5.82 Å². The topological polar surface area (TPSA) is 82.5 Å². The third-order valence-electron chi connectivity index (χ3n) is 4.00. The van der Waals surface area contributed by atoms with Crippen molar-refractivity contribution in [1.82, 2.24) is 9.55 Å². The monoisotopic (exact) mass is 365 g/mol. The highest BCUT2D eigenvalue weighted by molar-refractivity contribution is 5.98. The number of nitrogens with one attached hydrogen (secondary N) is 1. The smallest absolute Gasteiger partial charge is 0.354 e. The van der Waals surface area contributed by atoms with Crippen LogP contribution in [0.4, 0.5) is 5.69 Å². The third-order valence-corrected chi connectivity index (χ3v) is 4.00. The van der Waals surface area contributed by atoms with Crippen molar-refractivity contribution < 1.29 is 19.1 Å². The van der Waals surface area contributed by atoms with E-state index in [0.29, 0.717) is 5.69 Å². The predicted octanol–water partition coefficient (Wildman–Crippen LogP) is 2.98. The lowest BCUT2D eigenvalue weighted by Crippen LogP contribution is -2.15. The molecule has 7 nitrogen and oxygen atoms in total. The zero-order valence-corrected chi connectivity index (χ0v) is 15.2. The lowest BCUT2D eigenvalue weighted by atomic mass is 10.2. The molecule has 1 aromatic heterocycles. The Morgan fingerprint density at radius 1 is 1.04 bits per heavy atom. The molecule has 0 amide bonds. The van der Waals surface area contributed by atoms with Crippen LogP contribution >= 0.6 is 0 Å². The molecule has 0 aliphatic heterocycles. The Balaban J connectivity index is 1.90. The van der Waals surface area contributed by atoms with Gasteiger partial charge in [-0.1, -0.05) is 12.1 Å². The maximum Gasteiger partial charge on any atom is 0.354 e. The van der Waals surface area contributed by atoms with Crippen molar-refractivity contribution in [3.8, 4) is 5.69 Å². The van der Waals surface area contributed by atoms with Gasteiger partial charge in [0.2, 0.25) is 0 Å². The molecule has 3 rings (SSSR count). The molecule has 0 saturated heterocycles. The highest BCUT2D eigenvalue weighted by Gasteiger charge is 2.13. The first-order valence-corrected chi connectivity index (χ1v) is 8.23. The molecule has 1 N–H and O–H groups in total. The van der Waals surface area contributed by atoms with Gasteiger partial charge in [-0.05, 0) is 43.3 Å². The number of para-hydroxylation sites is 2. The molecule has 0 unspecified atom stereocenters. The molecule has 0 radical (unpaired) electrons. The summed E-state index contributed by atoms with van der Waals surface area (Å²) in [6.07, 6.45) is 1.05. The maximum atomic E-state index is 11.8. The van der Waals surface area contributed by atoms with Gasteiger partial charge in [-0.15, -0.1) is 0 Å². The highest BCUT2D eigenvalue weighted by atomic mass is 16.5. The molecular formula is C20H19N3O4. The molecule has 0 bridgehead atoms. The van der Waals surface area contributed by atoms with Gasteiger partial charge in [0.25, 0.3) is 0 Å². The number of aromatic nitrogens is 2. The summed E-state index contributed by atoms with van der Waals surface area (Å²) in [5.74, 6) is -0.446. The molecule has 138 valence electrons. The molecule has 2 aromatic carbocycles. The second-order valence-electron chi connectivity index (χ2n) is 5.73. The number of hydrogen-bond acceptors (Lipinski definition) is 6. The van der Waals surface area contributed by atoms with Gasteiger partial charge in [0, 0.05) is 11.4 Å². The Morgan fingerprint density at radius 2 is 1.74 bits per heavy atom. The minimum atomic E-state index is -0.666. The Labute approximate surface area is 156 Å². The van der Waals surface area contributed by atoms with E-state index in [0.717, 1.165) is 28.6 Å². The van der Waals surface area contributed by atoms with E-state index in [2.05, 4.69) is 19.8 Å². The molecule has 3 aromatic rings. The number of anilines is 1. The molecular weight excluding hydrogens is 346 g/mol. The maximum absolute atomic E-state index is 11.8. The van der Waals surface area contributed by atoms with Gasteiger partial charge in [-0.3, -0.25) is 4.57 Å². The molecule has 0 fully saturated rings. The number of nitrogens with zero attached hydrogens (tertiary/aromatic N) is 2. The fraction of sp³-hybridized carbons (Fsp3) is 0.150. The summed E-state index contributed by atoms with van der Waals surface area (Å²) >= 11 is 0. The number of rotatable bonds is 5. The van der Waals surface area contributed by atoms with E-state index in [-0.39, 0.29) is 5.70 Å². The zero-order valence-electron chi connectivity index (χ0n) is 15.2. The summed E-state index contributed by atoms with van der Waals surface area (Å²) in [5, 5.41) is 2.88. The second kappa shape index (κ2) is 7.74.